The zero-order valence-electron chi connectivity index (χ0n) is 16.2. The van der Waals surface area contributed by atoms with Crippen LogP contribution in [0.1, 0.15) is 45.6 Å². The molecular weight excluding hydrogens is 423 g/mol. The third kappa shape index (κ3) is 3.82. The Morgan fingerprint density at radius 2 is 2.00 bits per heavy atom. The first-order valence-electron chi connectivity index (χ1n) is 9.51. The van der Waals surface area contributed by atoms with Crippen LogP contribution in [0.15, 0.2) is 55.1 Å². The molecule has 4 rings (SSSR count). The summed E-state index contributed by atoms with van der Waals surface area (Å²) in [6.07, 6.45) is 6.17. The molecule has 0 radical (unpaired) electrons. The number of fused-ring (bicyclic) bond motifs is 1. The molecule has 0 bridgehead atoms. The second kappa shape index (κ2) is 8.31. The Morgan fingerprint density at radius 1 is 1.23 bits per heavy atom. The Balaban J connectivity index is 1.90. The summed E-state index contributed by atoms with van der Waals surface area (Å²) in [5.74, 6) is -2.25. The maximum Gasteiger partial charge on any atom is 0.259 e. The fourth-order valence-electron chi connectivity index (χ4n) is 4.05. The van der Waals surface area contributed by atoms with Crippen molar-refractivity contribution in [3.05, 3.63) is 88.2 Å². The molecule has 0 fully saturated rings. The summed E-state index contributed by atoms with van der Waals surface area (Å²) in [7, 11) is 0. The fourth-order valence-corrected chi connectivity index (χ4v) is 4.27. The van der Waals surface area contributed by atoms with Crippen molar-refractivity contribution in [2.24, 2.45) is 5.73 Å². The van der Waals surface area contributed by atoms with Crippen molar-refractivity contribution in [1.82, 2.24) is 14.9 Å². The quantitative estimate of drug-likeness (QED) is 0.632. The standard InChI is InChI=1S/C22H18ClFN4O3/c23-13-8-16-14(17(24)9-13)3-4-18(16)28(22(31)15-5-7-27-11-19(15)29)20(21(25)30)12-2-1-6-26-10-12/h1-2,5-11,18,20,29H,3-4H2,(H2,25,30)/t18-,20?/m1/s1. The van der Waals surface area contributed by atoms with E-state index in [-0.39, 0.29) is 16.3 Å². The Bertz CT molecular complexity index is 1160. The van der Waals surface area contributed by atoms with Crippen molar-refractivity contribution >= 4 is 23.4 Å². The van der Waals surface area contributed by atoms with E-state index in [2.05, 4.69) is 9.97 Å². The van der Waals surface area contributed by atoms with Gasteiger partial charge in [0.25, 0.3) is 5.91 Å². The highest BCUT2D eigenvalue weighted by Gasteiger charge is 2.41. The minimum Gasteiger partial charge on any atom is -0.505 e. The number of carbonyl (C=O) groups excluding carboxylic acids is 2. The lowest BCUT2D eigenvalue weighted by atomic mass is 9.99. The van der Waals surface area contributed by atoms with Gasteiger partial charge in [-0.15, -0.1) is 0 Å². The van der Waals surface area contributed by atoms with Crippen LogP contribution >= 0.6 is 11.6 Å². The van der Waals surface area contributed by atoms with E-state index in [0.29, 0.717) is 29.5 Å². The predicted octanol–water partition coefficient (Wildman–Crippen LogP) is 3.33. The zero-order chi connectivity index (χ0) is 22.1. The number of primary amides is 1. The number of halogens is 2. The van der Waals surface area contributed by atoms with Gasteiger partial charge in [-0.2, -0.15) is 0 Å². The van der Waals surface area contributed by atoms with Gasteiger partial charge in [0.1, 0.15) is 17.6 Å². The molecule has 0 aliphatic heterocycles. The number of rotatable bonds is 5. The van der Waals surface area contributed by atoms with Gasteiger partial charge < -0.3 is 15.7 Å². The van der Waals surface area contributed by atoms with Crippen molar-refractivity contribution in [3.8, 4) is 5.75 Å². The lowest BCUT2D eigenvalue weighted by molar-refractivity contribution is -0.123. The molecule has 2 atom stereocenters. The molecule has 31 heavy (non-hydrogen) atoms. The van der Waals surface area contributed by atoms with E-state index in [1.54, 1.807) is 18.2 Å². The molecule has 1 aliphatic carbocycles. The van der Waals surface area contributed by atoms with E-state index < -0.39 is 29.7 Å². The summed E-state index contributed by atoms with van der Waals surface area (Å²) in [6.45, 7) is 0. The lowest BCUT2D eigenvalue weighted by Crippen LogP contribution is -2.43. The Labute approximate surface area is 182 Å². The summed E-state index contributed by atoms with van der Waals surface area (Å²) in [5, 5.41) is 10.4. The summed E-state index contributed by atoms with van der Waals surface area (Å²) in [6, 6.07) is 5.51. The molecule has 2 amide bonds. The van der Waals surface area contributed by atoms with E-state index in [1.807, 2.05) is 0 Å². The highest BCUT2D eigenvalue weighted by atomic mass is 35.5. The maximum atomic E-state index is 14.5. The molecule has 9 heteroatoms. The number of pyridine rings is 2. The maximum absolute atomic E-state index is 14.5. The van der Waals surface area contributed by atoms with Crippen LogP contribution < -0.4 is 5.73 Å². The summed E-state index contributed by atoms with van der Waals surface area (Å²) in [4.78, 5) is 35.3. The van der Waals surface area contributed by atoms with E-state index >= 15 is 0 Å². The van der Waals surface area contributed by atoms with Gasteiger partial charge in [0.05, 0.1) is 17.8 Å². The van der Waals surface area contributed by atoms with Gasteiger partial charge in [-0.1, -0.05) is 17.7 Å². The first kappa shape index (κ1) is 20.7. The highest BCUT2D eigenvalue weighted by Crippen LogP contribution is 2.43. The molecule has 2 aromatic heterocycles. The molecule has 0 spiro atoms. The molecule has 0 saturated heterocycles. The molecule has 1 aliphatic rings. The van der Waals surface area contributed by atoms with Crippen LogP contribution in [0, 0.1) is 5.82 Å². The van der Waals surface area contributed by atoms with Crippen molar-refractivity contribution in [3.63, 3.8) is 0 Å². The van der Waals surface area contributed by atoms with E-state index in [4.69, 9.17) is 17.3 Å². The normalized spacial score (nSPS) is 15.9. The average Bonchev–Trinajstić information content (AvgIpc) is 3.16. The number of nitrogens with zero attached hydrogens (tertiary/aromatic N) is 3. The van der Waals surface area contributed by atoms with E-state index in [9.17, 15) is 19.1 Å². The molecule has 158 valence electrons. The second-order valence-corrected chi connectivity index (χ2v) is 7.64. The molecular formula is C22H18ClFN4O3. The first-order valence-corrected chi connectivity index (χ1v) is 9.89. The van der Waals surface area contributed by atoms with Crippen LogP contribution in [0.4, 0.5) is 4.39 Å². The van der Waals surface area contributed by atoms with Crippen LogP contribution in [0.5, 0.6) is 5.75 Å². The van der Waals surface area contributed by atoms with Crippen LogP contribution in [0.3, 0.4) is 0 Å². The van der Waals surface area contributed by atoms with Crippen LogP contribution in [-0.4, -0.2) is 31.8 Å². The number of aromatic nitrogens is 2. The fraction of sp³-hybridized carbons (Fsp3) is 0.182. The number of nitrogens with two attached hydrogens (primary N) is 1. The lowest BCUT2D eigenvalue weighted by Gasteiger charge is -2.35. The molecule has 7 nitrogen and oxygen atoms in total. The number of carbonyl (C=O) groups is 2. The van der Waals surface area contributed by atoms with Gasteiger partial charge in [0.2, 0.25) is 5.91 Å². The van der Waals surface area contributed by atoms with Crippen LogP contribution in [-0.2, 0) is 11.2 Å². The average molecular weight is 441 g/mol. The predicted molar refractivity (Wildman–Crippen MR) is 111 cm³/mol. The van der Waals surface area contributed by atoms with Crippen LogP contribution in [0.2, 0.25) is 5.02 Å². The minimum absolute atomic E-state index is 0.0545. The van der Waals surface area contributed by atoms with Crippen molar-refractivity contribution in [2.75, 3.05) is 0 Å². The smallest absolute Gasteiger partial charge is 0.259 e. The van der Waals surface area contributed by atoms with Gasteiger partial charge in [0.15, 0.2) is 0 Å². The van der Waals surface area contributed by atoms with E-state index in [0.717, 1.165) is 6.20 Å². The summed E-state index contributed by atoms with van der Waals surface area (Å²) < 4.78 is 14.5. The van der Waals surface area contributed by atoms with Gasteiger partial charge >= 0.3 is 0 Å². The van der Waals surface area contributed by atoms with Crippen molar-refractivity contribution in [2.45, 2.75) is 24.9 Å². The number of amides is 2. The van der Waals surface area contributed by atoms with Crippen molar-refractivity contribution in [1.29, 1.82) is 0 Å². The molecule has 1 aromatic carbocycles. The topological polar surface area (TPSA) is 109 Å². The first-order chi connectivity index (χ1) is 14.9. The second-order valence-electron chi connectivity index (χ2n) is 7.21. The van der Waals surface area contributed by atoms with Gasteiger partial charge in [-0.3, -0.25) is 19.6 Å². The summed E-state index contributed by atoms with van der Waals surface area (Å²) in [5.41, 5.74) is 7.01. The third-order valence-corrected chi connectivity index (χ3v) is 5.59. The minimum atomic E-state index is -1.20. The molecule has 1 unspecified atom stereocenters. The number of aromatic hydroxyl groups is 1. The molecule has 0 saturated carbocycles. The van der Waals surface area contributed by atoms with Crippen LogP contribution in [0.25, 0.3) is 0 Å². The molecule has 3 aromatic rings. The van der Waals surface area contributed by atoms with Gasteiger partial charge in [-0.25, -0.2) is 4.39 Å². The monoisotopic (exact) mass is 440 g/mol. The Morgan fingerprint density at radius 3 is 2.68 bits per heavy atom. The third-order valence-electron chi connectivity index (χ3n) is 5.37. The SMILES string of the molecule is NC(=O)C(c1cccnc1)N(C(=O)c1ccncc1O)[C@@H]1CCc2c(F)cc(Cl)cc21. The number of hydrogen-bond acceptors (Lipinski definition) is 5. The largest absolute Gasteiger partial charge is 0.505 e. The molecule has 3 N–H and O–H groups in total. The van der Waals surface area contributed by atoms with Gasteiger partial charge in [-0.05, 0) is 48.2 Å². The Hall–Kier alpha value is -3.52. The number of benzene rings is 1. The summed E-state index contributed by atoms with van der Waals surface area (Å²) >= 11 is 6.09. The zero-order valence-corrected chi connectivity index (χ0v) is 17.0. The Kier molecular flexibility index (Phi) is 5.56. The highest BCUT2D eigenvalue weighted by molar-refractivity contribution is 6.30. The molecule has 2 heterocycles. The van der Waals surface area contributed by atoms with E-state index in [1.165, 1.54) is 35.6 Å². The number of hydrogen-bond donors (Lipinski definition) is 2. The van der Waals surface area contributed by atoms with Gasteiger partial charge in [0, 0.05) is 29.2 Å². The van der Waals surface area contributed by atoms with Crippen molar-refractivity contribution < 1.29 is 19.1 Å².